The number of rotatable bonds is 6. The van der Waals surface area contributed by atoms with Crippen LogP contribution in [-0.4, -0.2) is 40.6 Å². The Labute approximate surface area is 137 Å². The van der Waals surface area contributed by atoms with Crippen LogP contribution in [0.4, 0.5) is 0 Å². The number of hydrogen-bond donors (Lipinski definition) is 2. The Morgan fingerprint density at radius 1 is 1.41 bits per heavy atom. The van der Waals surface area contributed by atoms with Crippen molar-refractivity contribution in [2.45, 2.75) is 57.8 Å². The fourth-order valence-corrected chi connectivity index (χ4v) is 3.23. The number of hydrogen-bond acceptors (Lipinski definition) is 3. The minimum atomic E-state index is -0.324. The van der Waals surface area contributed by atoms with Crippen molar-refractivity contribution in [3.05, 3.63) is 34.9 Å². The van der Waals surface area contributed by atoms with Gasteiger partial charge in [0.05, 0.1) is 12.1 Å². The Morgan fingerprint density at radius 3 is 2.73 bits per heavy atom. The van der Waals surface area contributed by atoms with Gasteiger partial charge in [0.2, 0.25) is 5.91 Å². The van der Waals surface area contributed by atoms with Crippen molar-refractivity contribution in [2.75, 3.05) is 6.54 Å². The van der Waals surface area contributed by atoms with E-state index < -0.39 is 0 Å². The third kappa shape index (κ3) is 4.70. The summed E-state index contributed by atoms with van der Waals surface area (Å²) in [6, 6.07) is 7.62. The van der Waals surface area contributed by atoms with Crippen molar-refractivity contribution in [1.29, 1.82) is 0 Å². The second-order valence-electron chi connectivity index (χ2n) is 6.14. The minimum Gasteiger partial charge on any atom is -0.393 e. The number of amides is 1. The highest BCUT2D eigenvalue weighted by Crippen LogP contribution is 2.24. The summed E-state index contributed by atoms with van der Waals surface area (Å²) in [5.41, 5.74) is 1.03. The van der Waals surface area contributed by atoms with E-state index in [1.165, 1.54) is 0 Å². The molecule has 0 aromatic heterocycles. The van der Waals surface area contributed by atoms with E-state index in [9.17, 15) is 9.90 Å². The molecule has 0 bridgehead atoms. The normalized spacial score (nSPS) is 21.5. The van der Waals surface area contributed by atoms with Crippen molar-refractivity contribution in [3.8, 4) is 0 Å². The Morgan fingerprint density at radius 2 is 2.09 bits per heavy atom. The summed E-state index contributed by atoms with van der Waals surface area (Å²) in [5.74, 6) is 0.0347. The van der Waals surface area contributed by atoms with Gasteiger partial charge >= 0.3 is 0 Å². The number of nitrogens with one attached hydrogen (secondary N) is 1. The largest absolute Gasteiger partial charge is 0.393 e. The number of likely N-dealkylation sites (tertiary alicyclic amines) is 1. The second-order valence-corrected chi connectivity index (χ2v) is 6.58. The zero-order valence-electron chi connectivity index (χ0n) is 13.3. The highest BCUT2D eigenvalue weighted by Gasteiger charge is 2.32. The molecule has 2 N–H and O–H groups in total. The van der Waals surface area contributed by atoms with Crippen LogP contribution < -0.4 is 5.32 Å². The molecule has 2 rings (SSSR count). The molecule has 1 aromatic carbocycles. The summed E-state index contributed by atoms with van der Waals surface area (Å²) in [4.78, 5) is 14.6. The molecule has 0 aliphatic carbocycles. The molecule has 4 nitrogen and oxygen atoms in total. The first-order valence-corrected chi connectivity index (χ1v) is 8.31. The van der Waals surface area contributed by atoms with Crippen LogP contribution in [0.3, 0.4) is 0 Å². The molecule has 1 aliphatic rings. The molecule has 1 fully saturated rings. The Bertz CT molecular complexity index is 490. The van der Waals surface area contributed by atoms with Crippen LogP contribution in [0.2, 0.25) is 5.02 Å². The fraction of sp³-hybridized carbons (Fsp3) is 0.588. The molecular weight excluding hydrogens is 300 g/mol. The van der Waals surface area contributed by atoms with Gasteiger partial charge in [0, 0.05) is 17.6 Å². The van der Waals surface area contributed by atoms with Crippen molar-refractivity contribution >= 4 is 17.5 Å². The lowest BCUT2D eigenvalue weighted by Crippen LogP contribution is -2.47. The molecule has 1 saturated heterocycles. The number of halogens is 1. The predicted octanol–water partition coefficient (Wildman–Crippen LogP) is 2.58. The molecule has 0 spiro atoms. The lowest BCUT2D eigenvalue weighted by Gasteiger charge is -2.30. The zero-order chi connectivity index (χ0) is 16.1. The predicted molar refractivity (Wildman–Crippen MR) is 88.8 cm³/mol. The van der Waals surface area contributed by atoms with Crippen LogP contribution in [0.1, 0.15) is 38.7 Å². The second kappa shape index (κ2) is 7.95. The molecule has 1 aromatic rings. The smallest absolute Gasteiger partial charge is 0.237 e. The van der Waals surface area contributed by atoms with E-state index in [0.29, 0.717) is 17.6 Å². The van der Waals surface area contributed by atoms with E-state index in [-0.39, 0.29) is 18.1 Å². The molecule has 3 unspecified atom stereocenters. The van der Waals surface area contributed by atoms with Crippen LogP contribution in [0.25, 0.3) is 0 Å². The maximum absolute atomic E-state index is 12.4. The van der Waals surface area contributed by atoms with E-state index in [0.717, 1.165) is 31.4 Å². The summed E-state index contributed by atoms with van der Waals surface area (Å²) < 4.78 is 0. The van der Waals surface area contributed by atoms with E-state index in [4.69, 9.17) is 11.6 Å². The average molecular weight is 325 g/mol. The number of carbonyl (C=O) groups is 1. The molecule has 5 heteroatoms. The summed E-state index contributed by atoms with van der Waals surface area (Å²) in [5, 5.41) is 13.3. The van der Waals surface area contributed by atoms with E-state index in [1.807, 2.05) is 38.1 Å². The maximum atomic E-state index is 12.4. The zero-order valence-corrected chi connectivity index (χ0v) is 14.0. The molecule has 0 saturated carbocycles. The van der Waals surface area contributed by atoms with Crippen LogP contribution in [0, 0.1) is 0 Å². The van der Waals surface area contributed by atoms with Gasteiger partial charge in [-0.1, -0.05) is 23.7 Å². The van der Waals surface area contributed by atoms with Gasteiger partial charge < -0.3 is 10.4 Å². The number of nitrogens with zero attached hydrogens (tertiary/aromatic N) is 1. The van der Waals surface area contributed by atoms with Gasteiger partial charge in [-0.25, -0.2) is 0 Å². The topological polar surface area (TPSA) is 52.6 Å². The standard InChI is InChI=1S/C17H25ClN2O2/c1-12(21)10-16-4-3-9-20(16)13(2)17(22)19-11-14-5-7-15(18)8-6-14/h5-8,12-13,16,21H,3-4,9-11H2,1-2H3,(H,19,22). The summed E-state index contributed by atoms with van der Waals surface area (Å²) in [7, 11) is 0. The first-order chi connectivity index (χ1) is 10.5. The lowest BCUT2D eigenvalue weighted by molar-refractivity contribution is -0.126. The number of benzene rings is 1. The van der Waals surface area contributed by atoms with Gasteiger partial charge in [-0.3, -0.25) is 9.69 Å². The minimum absolute atomic E-state index is 0.0347. The summed E-state index contributed by atoms with van der Waals surface area (Å²) in [6.07, 6.45) is 2.55. The van der Waals surface area contributed by atoms with Gasteiger partial charge in [0.25, 0.3) is 0 Å². The molecule has 1 aliphatic heterocycles. The Hall–Kier alpha value is -1.10. The molecular formula is C17H25ClN2O2. The van der Waals surface area contributed by atoms with Crippen LogP contribution >= 0.6 is 11.6 Å². The third-order valence-electron chi connectivity index (χ3n) is 4.29. The highest BCUT2D eigenvalue weighted by atomic mass is 35.5. The molecule has 1 amide bonds. The quantitative estimate of drug-likeness (QED) is 0.845. The lowest BCUT2D eigenvalue weighted by atomic mass is 10.1. The van der Waals surface area contributed by atoms with E-state index in [1.54, 1.807) is 0 Å². The van der Waals surface area contributed by atoms with Gasteiger partial charge in [-0.05, 0) is 57.4 Å². The molecule has 0 radical (unpaired) electrons. The third-order valence-corrected chi connectivity index (χ3v) is 4.54. The summed E-state index contributed by atoms with van der Waals surface area (Å²) >= 11 is 5.85. The monoisotopic (exact) mass is 324 g/mol. The molecule has 122 valence electrons. The van der Waals surface area contributed by atoms with E-state index >= 15 is 0 Å². The van der Waals surface area contributed by atoms with Crippen molar-refractivity contribution in [1.82, 2.24) is 10.2 Å². The van der Waals surface area contributed by atoms with Crippen LogP contribution in [0.15, 0.2) is 24.3 Å². The van der Waals surface area contributed by atoms with E-state index in [2.05, 4.69) is 10.2 Å². The number of carbonyl (C=O) groups excluding carboxylic acids is 1. The van der Waals surface area contributed by atoms with Gasteiger partial charge in [0.15, 0.2) is 0 Å². The van der Waals surface area contributed by atoms with Gasteiger partial charge in [-0.2, -0.15) is 0 Å². The van der Waals surface area contributed by atoms with Crippen LogP contribution in [-0.2, 0) is 11.3 Å². The maximum Gasteiger partial charge on any atom is 0.237 e. The van der Waals surface area contributed by atoms with Crippen LogP contribution in [0.5, 0.6) is 0 Å². The SMILES string of the molecule is CC(O)CC1CCCN1C(C)C(=O)NCc1ccc(Cl)cc1. The van der Waals surface area contributed by atoms with Crippen molar-refractivity contribution in [2.24, 2.45) is 0 Å². The molecule has 3 atom stereocenters. The molecule has 1 heterocycles. The first kappa shape index (κ1) is 17.3. The van der Waals surface area contributed by atoms with Gasteiger partial charge in [-0.15, -0.1) is 0 Å². The molecule has 22 heavy (non-hydrogen) atoms. The van der Waals surface area contributed by atoms with Crippen molar-refractivity contribution < 1.29 is 9.90 Å². The Balaban J connectivity index is 1.87. The first-order valence-electron chi connectivity index (χ1n) is 7.93. The summed E-state index contributed by atoms with van der Waals surface area (Å²) in [6.45, 7) is 5.18. The number of aliphatic hydroxyl groups excluding tert-OH is 1. The average Bonchev–Trinajstić information content (AvgIpc) is 2.92. The van der Waals surface area contributed by atoms with Crippen molar-refractivity contribution in [3.63, 3.8) is 0 Å². The fourth-order valence-electron chi connectivity index (χ4n) is 3.10. The number of aliphatic hydroxyl groups is 1. The highest BCUT2D eigenvalue weighted by molar-refractivity contribution is 6.30. The van der Waals surface area contributed by atoms with Gasteiger partial charge in [0.1, 0.15) is 0 Å². The Kier molecular flexibility index (Phi) is 6.24.